The maximum atomic E-state index is 14.1. The minimum absolute atomic E-state index is 0.0493. The lowest BCUT2D eigenvalue weighted by molar-refractivity contribution is -0.137. The van der Waals surface area contributed by atoms with Crippen LogP contribution in [0.1, 0.15) is 24.8 Å². The number of thioether (sulfide) groups is 1. The number of carboxylic acid groups (broad SMARTS) is 1. The Hall–Kier alpha value is -1.10. The molecule has 2 rings (SSSR count). The zero-order chi connectivity index (χ0) is 12.6. The largest absolute Gasteiger partial charge is 0.481 e. The zero-order valence-electron chi connectivity index (χ0n) is 9.30. The summed E-state index contributed by atoms with van der Waals surface area (Å²) in [6, 6.07) is 2.60. The molecule has 1 aromatic rings. The summed E-state index contributed by atoms with van der Waals surface area (Å²) in [7, 11) is 0. The van der Waals surface area contributed by atoms with Gasteiger partial charge in [0.2, 0.25) is 0 Å². The van der Waals surface area contributed by atoms with Gasteiger partial charge in [-0.05, 0) is 31.2 Å². The summed E-state index contributed by atoms with van der Waals surface area (Å²) in [5.74, 6) is -2.26. The van der Waals surface area contributed by atoms with Crippen LogP contribution in [-0.4, -0.2) is 17.3 Å². The SMILES string of the molecule is CSc1ccc(F)c(C2(CC(=O)O)CC2)c1F. The van der Waals surface area contributed by atoms with Crippen LogP contribution in [0.3, 0.4) is 0 Å². The van der Waals surface area contributed by atoms with Crippen LogP contribution in [0.15, 0.2) is 17.0 Å². The Bertz CT molecular complexity index is 470. The van der Waals surface area contributed by atoms with Crippen molar-refractivity contribution in [2.24, 2.45) is 0 Å². The molecular weight excluding hydrogens is 246 g/mol. The Balaban J connectivity index is 2.48. The average molecular weight is 258 g/mol. The Morgan fingerprint density at radius 2 is 2.12 bits per heavy atom. The molecular formula is C12H12F2O2S. The molecule has 1 aliphatic rings. The third-order valence-corrected chi connectivity index (χ3v) is 3.90. The number of hydrogen-bond donors (Lipinski definition) is 1. The molecule has 1 N–H and O–H groups in total. The van der Waals surface area contributed by atoms with E-state index in [2.05, 4.69) is 0 Å². The van der Waals surface area contributed by atoms with E-state index >= 15 is 0 Å². The molecule has 2 nitrogen and oxygen atoms in total. The van der Waals surface area contributed by atoms with Crippen molar-refractivity contribution in [1.82, 2.24) is 0 Å². The number of benzene rings is 1. The van der Waals surface area contributed by atoms with Gasteiger partial charge in [-0.2, -0.15) is 0 Å². The molecule has 0 aliphatic heterocycles. The van der Waals surface area contributed by atoms with Crippen LogP contribution in [0.2, 0.25) is 0 Å². The van der Waals surface area contributed by atoms with Gasteiger partial charge >= 0.3 is 5.97 Å². The summed E-state index contributed by atoms with van der Waals surface area (Å²) in [5, 5.41) is 8.81. The van der Waals surface area contributed by atoms with Crippen LogP contribution in [0.4, 0.5) is 8.78 Å². The molecule has 0 heterocycles. The highest BCUT2D eigenvalue weighted by atomic mass is 32.2. The fraction of sp³-hybridized carbons (Fsp3) is 0.417. The van der Waals surface area contributed by atoms with Gasteiger partial charge in [-0.25, -0.2) is 8.78 Å². The molecule has 17 heavy (non-hydrogen) atoms. The van der Waals surface area contributed by atoms with Crippen molar-refractivity contribution in [3.05, 3.63) is 29.3 Å². The first kappa shape index (κ1) is 12.4. The number of aliphatic carboxylic acids is 1. The molecule has 1 aliphatic carbocycles. The van der Waals surface area contributed by atoms with E-state index in [0.717, 1.165) is 0 Å². The summed E-state index contributed by atoms with van der Waals surface area (Å²) in [5.41, 5.74) is -0.877. The topological polar surface area (TPSA) is 37.3 Å². The molecule has 1 fully saturated rings. The summed E-state index contributed by atoms with van der Waals surface area (Å²) in [6.45, 7) is 0. The van der Waals surface area contributed by atoms with Crippen LogP contribution in [0.25, 0.3) is 0 Å². The van der Waals surface area contributed by atoms with Crippen molar-refractivity contribution in [2.45, 2.75) is 29.6 Å². The van der Waals surface area contributed by atoms with Gasteiger partial charge < -0.3 is 5.11 Å². The lowest BCUT2D eigenvalue weighted by atomic mass is 9.91. The second kappa shape index (κ2) is 4.29. The Morgan fingerprint density at radius 3 is 2.59 bits per heavy atom. The second-order valence-electron chi connectivity index (χ2n) is 4.29. The lowest BCUT2D eigenvalue weighted by Crippen LogP contribution is -2.17. The molecule has 5 heteroatoms. The van der Waals surface area contributed by atoms with Crippen molar-refractivity contribution in [3.8, 4) is 0 Å². The van der Waals surface area contributed by atoms with E-state index in [1.165, 1.54) is 23.9 Å². The minimum Gasteiger partial charge on any atom is -0.481 e. The number of hydrogen-bond acceptors (Lipinski definition) is 2. The van der Waals surface area contributed by atoms with E-state index in [-0.39, 0.29) is 12.0 Å². The van der Waals surface area contributed by atoms with Crippen LogP contribution < -0.4 is 0 Å². The highest BCUT2D eigenvalue weighted by Crippen LogP contribution is 2.53. The van der Waals surface area contributed by atoms with Gasteiger partial charge in [-0.15, -0.1) is 11.8 Å². The Labute approximate surface area is 102 Å². The lowest BCUT2D eigenvalue weighted by Gasteiger charge is -2.16. The summed E-state index contributed by atoms with van der Waals surface area (Å²) >= 11 is 1.19. The summed E-state index contributed by atoms with van der Waals surface area (Å²) < 4.78 is 27.8. The van der Waals surface area contributed by atoms with Crippen molar-refractivity contribution in [1.29, 1.82) is 0 Å². The fourth-order valence-corrected chi connectivity index (χ4v) is 2.62. The highest BCUT2D eigenvalue weighted by Gasteiger charge is 2.49. The van der Waals surface area contributed by atoms with Gasteiger partial charge in [0.25, 0.3) is 0 Å². The van der Waals surface area contributed by atoms with E-state index in [9.17, 15) is 13.6 Å². The van der Waals surface area contributed by atoms with E-state index in [0.29, 0.717) is 17.7 Å². The van der Waals surface area contributed by atoms with Crippen molar-refractivity contribution < 1.29 is 18.7 Å². The van der Waals surface area contributed by atoms with Crippen LogP contribution in [-0.2, 0) is 10.2 Å². The first-order valence-electron chi connectivity index (χ1n) is 5.24. The average Bonchev–Trinajstić information content (AvgIpc) is 2.97. The first-order valence-corrected chi connectivity index (χ1v) is 6.47. The van der Waals surface area contributed by atoms with Crippen molar-refractivity contribution in [3.63, 3.8) is 0 Å². The van der Waals surface area contributed by atoms with Gasteiger partial charge in [-0.1, -0.05) is 0 Å². The predicted octanol–water partition coefficient (Wildman–Crippen LogP) is 3.19. The van der Waals surface area contributed by atoms with Gasteiger partial charge in [0, 0.05) is 15.9 Å². The molecule has 0 spiro atoms. The highest BCUT2D eigenvalue weighted by molar-refractivity contribution is 7.98. The van der Waals surface area contributed by atoms with E-state index in [1.807, 2.05) is 0 Å². The Kier molecular flexibility index (Phi) is 3.12. The van der Waals surface area contributed by atoms with Crippen molar-refractivity contribution in [2.75, 3.05) is 6.26 Å². The molecule has 1 aromatic carbocycles. The molecule has 0 radical (unpaired) electrons. The quantitative estimate of drug-likeness (QED) is 0.843. The molecule has 92 valence electrons. The second-order valence-corrected chi connectivity index (χ2v) is 5.14. The van der Waals surface area contributed by atoms with Gasteiger partial charge in [0.1, 0.15) is 11.6 Å². The van der Waals surface area contributed by atoms with Gasteiger partial charge in [0.15, 0.2) is 0 Å². The first-order chi connectivity index (χ1) is 8.00. The van der Waals surface area contributed by atoms with E-state index in [1.54, 1.807) is 6.26 Å². The molecule has 1 saturated carbocycles. The number of halogens is 2. The normalized spacial score (nSPS) is 16.9. The number of rotatable bonds is 4. The molecule has 0 aromatic heterocycles. The third kappa shape index (κ3) is 2.16. The minimum atomic E-state index is -1.02. The molecule has 0 bridgehead atoms. The maximum absolute atomic E-state index is 14.1. The number of carbonyl (C=O) groups is 1. The van der Waals surface area contributed by atoms with E-state index < -0.39 is 23.0 Å². The standard InChI is InChI=1S/C12H12F2O2S/c1-17-8-3-2-7(13)10(11(8)14)12(4-5-12)6-9(15)16/h2-3H,4-6H2,1H3,(H,15,16). The molecule has 0 atom stereocenters. The summed E-state index contributed by atoms with van der Waals surface area (Å²) in [4.78, 5) is 11.1. The molecule has 0 saturated heterocycles. The van der Waals surface area contributed by atoms with Gasteiger partial charge in [-0.3, -0.25) is 4.79 Å². The van der Waals surface area contributed by atoms with Gasteiger partial charge in [0.05, 0.1) is 6.42 Å². The Morgan fingerprint density at radius 1 is 1.47 bits per heavy atom. The van der Waals surface area contributed by atoms with Crippen molar-refractivity contribution >= 4 is 17.7 Å². The maximum Gasteiger partial charge on any atom is 0.304 e. The van der Waals surface area contributed by atoms with Crippen LogP contribution in [0.5, 0.6) is 0 Å². The third-order valence-electron chi connectivity index (χ3n) is 3.15. The predicted molar refractivity (Wildman–Crippen MR) is 61.3 cm³/mol. The van der Waals surface area contributed by atoms with Crippen LogP contribution >= 0.6 is 11.8 Å². The number of carboxylic acids is 1. The molecule has 0 amide bonds. The van der Waals surface area contributed by atoms with Crippen LogP contribution in [0, 0.1) is 11.6 Å². The summed E-state index contributed by atoms with van der Waals surface area (Å²) in [6.07, 6.45) is 2.56. The zero-order valence-corrected chi connectivity index (χ0v) is 10.1. The molecule has 0 unspecified atom stereocenters. The fourth-order valence-electron chi connectivity index (χ4n) is 2.13. The van der Waals surface area contributed by atoms with E-state index in [4.69, 9.17) is 5.11 Å². The monoisotopic (exact) mass is 258 g/mol. The smallest absolute Gasteiger partial charge is 0.304 e.